The number of aliphatic carboxylic acids is 1. The summed E-state index contributed by atoms with van der Waals surface area (Å²) < 4.78 is 5.12. The first kappa shape index (κ1) is 11.7. The second-order valence-corrected chi connectivity index (χ2v) is 3.17. The fourth-order valence-electron chi connectivity index (χ4n) is 1.07. The summed E-state index contributed by atoms with van der Waals surface area (Å²) in [6.07, 6.45) is 3.72. The molecule has 0 saturated carbocycles. The van der Waals surface area contributed by atoms with E-state index in [9.17, 15) is 4.79 Å². The van der Waals surface area contributed by atoms with Crippen molar-refractivity contribution in [3.63, 3.8) is 0 Å². The smallest absolute Gasteiger partial charge is 0.341 e. The van der Waals surface area contributed by atoms with Crippen LogP contribution in [-0.2, 0) is 4.79 Å². The molecule has 0 aliphatic carbocycles. The number of carbonyl (C=O) groups is 1. The maximum absolute atomic E-state index is 10.3. The Labute approximate surface area is 93.8 Å². The minimum Gasteiger partial charge on any atom is -0.481 e. The zero-order valence-corrected chi connectivity index (χ0v) is 8.98. The van der Waals surface area contributed by atoms with Crippen molar-refractivity contribution in [2.75, 3.05) is 12.4 Å². The maximum atomic E-state index is 10.3. The van der Waals surface area contributed by atoms with Gasteiger partial charge in [-0.1, -0.05) is 30.4 Å². The molecule has 0 aromatic heterocycles. The molecule has 0 aliphatic rings. The summed E-state index contributed by atoms with van der Waals surface area (Å²) in [5.74, 6) is 0.216. The Bertz CT molecular complexity index is 361. The van der Waals surface area contributed by atoms with E-state index in [1.54, 1.807) is 12.1 Å². The lowest BCUT2D eigenvalue weighted by Crippen LogP contribution is -2.09. The van der Waals surface area contributed by atoms with E-state index in [4.69, 9.17) is 9.84 Å². The second-order valence-electron chi connectivity index (χ2n) is 2.81. The lowest BCUT2D eigenvalue weighted by atomic mass is 10.2. The minimum absolute atomic E-state index is 0.328. The van der Waals surface area contributed by atoms with Crippen LogP contribution in [0.4, 0.5) is 0 Å². The molecule has 1 aromatic carbocycles. The molecule has 0 aliphatic heterocycles. The van der Waals surface area contributed by atoms with Gasteiger partial charge in [-0.25, -0.2) is 4.79 Å². The van der Waals surface area contributed by atoms with Crippen molar-refractivity contribution in [2.24, 2.45) is 0 Å². The number of carboxylic acids is 1. The molecule has 3 nitrogen and oxygen atoms in total. The molecular formula is C11H12O3S. The Morgan fingerprint density at radius 3 is 2.87 bits per heavy atom. The predicted molar refractivity (Wildman–Crippen MR) is 62.5 cm³/mol. The highest BCUT2D eigenvalue weighted by Crippen LogP contribution is 2.19. The second kappa shape index (κ2) is 6.14. The third kappa shape index (κ3) is 4.08. The van der Waals surface area contributed by atoms with E-state index in [0.29, 0.717) is 11.5 Å². The number of carboxylic acid groups (broad SMARTS) is 1. The quantitative estimate of drug-likeness (QED) is 0.753. The molecular weight excluding hydrogens is 212 g/mol. The molecule has 0 atom stereocenters. The summed E-state index contributed by atoms with van der Waals surface area (Å²) in [6.45, 7) is -0.328. The van der Waals surface area contributed by atoms with Crippen molar-refractivity contribution in [3.8, 4) is 5.75 Å². The van der Waals surface area contributed by atoms with Crippen molar-refractivity contribution in [3.05, 3.63) is 35.9 Å². The number of hydrogen-bond acceptors (Lipinski definition) is 3. The van der Waals surface area contributed by atoms with Gasteiger partial charge in [-0.05, 0) is 6.07 Å². The highest BCUT2D eigenvalue weighted by molar-refractivity contribution is 7.80. The van der Waals surface area contributed by atoms with Crippen molar-refractivity contribution < 1.29 is 14.6 Å². The summed E-state index contributed by atoms with van der Waals surface area (Å²) in [5, 5.41) is 8.49. The summed E-state index contributed by atoms with van der Waals surface area (Å²) in [4.78, 5) is 10.3. The molecule has 0 heterocycles. The van der Waals surface area contributed by atoms with Crippen LogP contribution in [0.2, 0.25) is 0 Å². The topological polar surface area (TPSA) is 46.5 Å². The number of benzene rings is 1. The van der Waals surface area contributed by atoms with Gasteiger partial charge >= 0.3 is 5.97 Å². The van der Waals surface area contributed by atoms with E-state index in [1.165, 1.54) is 0 Å². The third-order valence-electron chi connectivity index (χ3n) is 1.67. The van der Waals surface area contributed by atoms with Crippen LogP contribution < -0.4 is 4.74 Å². The first-order chi connectivity index (χ1) is 7.24. The summed E-state index contributed by atoms with van der Waals surface area (Å²) >= 11 is 4.05. The van der Waals surface area contributed by atoms with E-state index >= 15 is 0 Å². The van der Waals surface area contributed by atoms with Crippen molar-refractivity contribution >= 4 is 24.7 Å². The number of ether oxygens (including phenoxy) is 1. The molecule has 15 heavy (non-hydrogen) atoms. The molecule has 0 saturated heterocycles. The van der Waals surface area contributed by atoms with Gasteiger partial charge in [0, 0.05) is 11.3 Å². The van der Waals surface area contributed by atoms with Crippen LogP contribution in [0.1, 0.15) is 5.56 Å². The molecule has 1 rings (SSSR count). The van der Waals surface area contributed by atoms with E-state index in [-0.39, 0.29) is 6.61 Å². The van der Waals surface area contributed by atoms with Gasteiger partial charge in [0.05, 0.1) is 0 Å². The number of hydrogen-bond donors (Lipinski definition) is 2. The highest BCUT2D eigenvalue weighted by Gasteiger charge is 2.02. The van der Waals surface area contributed by atoms with Crippen LogP contribution >= 0.6 is 12.6 Å². The van der Waals surface area contributed by atoms with E-state index in [0.717, 1.165) is 5.56 Å². The highest BCUT2D eigenvalue weighted by atomic mass is 32.1. The molecule has 4 heteroatoms. The predicted octanol–water partition coefficient (Wildman–Crippen LogP) is 2.09. The van der Waals surface area contributed by atoms with Gasteiger partial charge in [-0.3, -0.25) is 0 Å². The Hall–Kier alpha value is -1.42. The van der Waals surface area contributed by atoms with Crippen molar-refractivity contribution in [2.45, 2.75) is 0 Å². The van der Waals surface area contributed by atoms with Gasteiger partial charge in [-0.2, -0.15) is 12.6 Å². The maximum Gasteiger partial charge on any atom is 0.341 e. The Morgan fingerprint density at radius 1 is 1.47 bits per heavy atom. The fourth-order valence-corrected chi connectivity index (χ4v) is 1.17. The average molecular weight is 224 g/mol. The number of rotatable bonds is 5. The largest absolute Gasteiger partial charge is 0.481 e. The van der Waals surface area contributed by atoms with Crippen LogP contribution in [0.5, 0.6) is 5.75 Å². The molecule has 0 bridgehead atoms. The van der Waals surface area contributed by atoms with E-state index in [1.807, 2.05) is 24.3 Å². The van der Waals surface area contributed by atoms with Gasteiger partial charge in [0.15, 0.2) is 6.61 Å². The van der Waals surface area contributed by atoms with Crippen LogP contribution in [0.15, 0.2) is 30.3 Å². The van der Waals surface area contributed by atoms with Gasteiger partial charge in [0.25, 0.3) is 0 Å². The summed E-state index contributed by atoms with van der Waals surface area (Å²) in [6, 6.07) is 7.26. The molecule has 80 valence electrons. The molecule has 0 unspecified atom stereocenters. The Kier molecular flexibility index (Phi) is 4.77. The van der Waals surface area contributed by atoms with Crippen LogP contribution in [0, 0.1) is 0 Å². The van der Waals surface area contributed by atoms with Crippen molar-refractivity contribution in [1.29, 1.82) is 0 Å². The van der Waals surface area contributed by atoms with E-state index < -0.39 is 5.97 Å². The van der Waals surface area contributed by atoms with Gasteiger partial charge in [0.2, 0.25) is 0 Å². The van der Waals surface area contributed by atoms with Crippen LogP contribution in [0.3, 0.4) is 0 Å². The number of thiol groups is 1. The van der Waals surface area contributed by atoms with Crippen molar-refractivity contribution in [1.82, 2.24) is 0 Å². The lowest BCUT2D eigenvalue weighted by molar-refractivity contribution is -0.139. The normalized spacial score (nSPS) is 10.5. The summed E-state index contributed by atoms with van der Waals surface area (Å²) in [7, 11) is 0. The molecule has 0 radical (unpaired) electrons. The third-order valence-corrected chi connectivity index (χ3v) is 1.88. The summed E-state index contributed by atoms with van der Waals surface area (Å²) in [5.41, 5.74) is 0.854. The minimum atomic E-state index is -0.983. The lowest BCUT2D eigenvalue weighted by Gasteiger charge is -2.06. The average Bonchev–Trinajstić information content (AvgIpc) is 2.24. The Balaban J connectivity index is 2.76. The monoisotopic (exact) mass is 224 g/mol. The molecule has 1 aromatic rings. The van der Waals surface area contributed by atoms with Gasteiger partial charge in [0.1, 0.15) is 5.75 Å². The standard InChI is InChI=1S/C11H12O3S/c12-11(13)8-14-10-6-2-1-4-9(10)5-3-7-15/h1-6,15H,7-8H2,(H,12,13). The van der Waals surface area contributed by atoms with Gasteiger partial charge < -0.3 is 9.84 Å². The first-order valence-electron chi connectivity index (χ1n) is 4.45. The first-order valence-corrected chi connectivity index (χ1v) is 5.08. The van der Waals surface area contributed by atoms with E-state index in [2.05, 4.69) is 12.6 Å². The molecule has 0 spiro atoms. The SMILES string of the molecule is O=C(O)COc1ccccc1C=CCS. The fraction of sp³-hybridized carbons (Fsp3) is 0.182. The van der Waals surface area contributed by atoms with Gasteiger partial charge in [-0.15, -0.1) is 0 Å². The zero-order chi connectivity index (χ0) is 11.1. The molecule has 1 N–H and O–H groups in total. The van der Waals surface area contributed by atoms with Crippen LogP contribution in [0.25, 0.3) is 6.08 Å². The Morgan fingerprint density at radius 2 is 2.20 bits per heavy atom. The number of para-hydroxylation sites is 1. The van der Waals surface area contributed by atoms with Crippen LogP contribution in [-0.4, -0.2) is 23.4 Å². The molecule has 0 amide bonds. The molecule has 0 fully saturated rings. The zero-order valence-electron chi connectivity index (χ0n) is 8.09.